The topological polar surface area (TPSA) is 44.1 Å². The molecule has 0 saturated heterocycles. The van der Waals surface area contributed by atoms with Gasteiger partial charge in [0, 0.05) is 21.2 Å². The maximum Gasteiger partial charge on any atom is 0.359 e. The van der Waals surface area contributed by atoms with Crippen molar-refractivity contribution in [2.75, 3.05) is 6.61 Å². The number of ether oxygens (including phenoxy) is 1. The van der Waals surface area contributed by atoms with Gasteiger partial charge in [-0.25, -0.2) is 9.48 Å². The summed E-state index contributed by atoms with van der Waals surface area (Å²) in [4.78, 5) is 12.6. The summed E-state index contributed by atoms with van der Waals surface area (Å²) in [5.41, 5.74) is 4.74. The number of halogens is 3. The number of fused-ring (bicyclic) bond motifs is 3. The number of hydrogen-bond donors (Lipinski definition) is 0. The van der Waals surface area contributed by atoms with E-state index in [4.69, 9.17) is 39.5 Å². The molecule has 144 valence electrons. The summed E-state index contributed by atoms with van der Waals surface area (Å²) >= 11 is 18.8. The molecule has 0 aliphatic heterocycles. The molecule has 1 aliphatic rings. The van der Waals surface area contributed by atoms with Crippen LogP contribution in [0.1, 0.15) is 35.0 Å². The SMILES string of the molecule is CCOC(=O)c1nn(-c2ccc(Cl)cc2Cl)c2c1CCCc1ccc(Cl)cc1-2. The smallest absolute Gasteiger partial charge is 0.359 e. The van der Waals surface area contributed by atoms with Crippen molar-refractivity contribution in [1.82, 2.24) is 9.78 Å². The lowest BCUT2D eigenvalue weighted by molar-refractivity contribution is 0.0517. The maximum absolute atomic E-state index is 12.6. The monoisotopic (exact) mass is 434 g/mol. The molecule has 7 heteroatoms. The normalized spacial score (nSPS) is 12.9. The highest BCUT2D eigenvalue weighted by Gasteiger charge is 2.29. The molecule has 0 radical (unpaired) electrons. The van der Waals surface area contributed by atoms with Gasteiger partial charge in [-0.15, -0.1) is 0 Å². The Hall–Kier alpha value is -2.01. The summed E-state index contributed by atoms with van der Waals surface area (Å²) in [5, 5.41) is 6.21. The summed E-state index contributed by atoms with van der Waals surface area (Å²) in [7, 11) is 0. The van der Waals surface area contributed by atoms with E-state index in [1.807, 2.05) is 18.2 Å². The number of nitrogens with zero attached hydrogens (tertiary/aromatic N) is 2. The van der Waals surface area contributed by atoms with Gasteiger partial charge in [-0.05, 0) is 62.1 Å². The van der Waals surface area contributed by atoms with Crippen molar-refractivity contribution in [2.45, 2.75) is 26.2 Å². The first-order valence-corrected chi connectivity index (χ1v) is 10.2. The Balaban J connectivity index is 2.03. The maximum atomic E-state index is 12.6. The minimum atomic E-state index is -0.437. The van der Waals surface area contributed by atoms with Crippen molar-refractivity contribution in [1.29, 1.82) is 0 Å². The first-order valence-electron chi connectivity index (χ1n) is 9.02. The van der Waals surface area contributed by atoms with Gasteiger partial charge in [0.05, 0.1) is 23.0 Å². The molecule has 0 atom stereocenters. The van der Waals surface area contributed by atoms with E-state index < -0.39 is 5.97 Å². The highest BCUT2D eigenvalue weighted by molar-refractivity contribution is 6.35. The number of carbonyl (C=O) groups excluding carboxylic acids is 1. The Morgan fingerprint density at radius 2 is 1.86 bits per heavy atom. The molecule has 0 bridgehead atoms. The van der Waals surface area contributed by atoms with Crippen LogP contribution in [0.2, 0.25) is 15.1 Å². The minimum Gasteiger partial charge on any atom is -0.461 e. The summed E-state index contributed by atoms with van der Waals surface area (Å²) in [6, 6.07) is 11.0. The average molecular weight is 436 g/mol. The van der Waals surface area contributed by atoms with Crippen LogP contribution in [0.5, 0.6) is 0 Å². The van der Waals surface area contributed by atoms with E-state index in [0.29, 0.717) is 32.9 Å². The first-order chi connectivity index (χ1) is 13.5. The quantitative estimate of drug-likeness (QED) is 0.462. The third-order valence-electron chi connectivity index (χ3n) is 4.79. The van der Waals surface area contributed by atoms with Gasteiger partial charge in [0.1, 0.15) is 0 Å². The van der Waals surface area contributed by atoms with Crippen LogP contribution in [-0.2, 0) is 17.6 Å². The highest BCUT2D eigenvalue weighted by Crippen LogP contribution is 2.39. The van der Waals surface area contributed by atoms with Crippen molar-refractivity contribution in [2.24, 2.45) is 0 Å². The summed E-state index contributed by atoms with van der Waals surface area (Å²) in [5.74, 6) is -0.437. The first kappa shape index (κ1) is 19.3. The molecule has 0 spiro atoms. The zero-order valence-electron chi connectivity index (χ0n) is 15.1. The molecule has 0 saturated carbocycles. The number of hydrogen-bond acceptors (Lipinski definition) is 3. The van der Waals surface area contributed by atoms with Crippen LogP contribution in [0.4, 0.5) is 0 Å². The van der Waals surface area contributed by atoms with E-state index in [-0.39, 0.29) is 6.61 Å². The fraction of sp³-hybridized carbons (Fsp3) is 0.238. The van der Waals surface area contributed by atoms with Crippen LogP contribution in [0.25, 0.3) is 16.9 Å². The van der Waals surface area contributed by atoms with E-state index in [9.17, 15) is 4.79 Å². The van der Waals surface area contributed by atoms with E-state index in [2.05, 4.69) is 5.10 Å². The lowest BCUT2D eigenvalue weighted by Gasteiger charge is -2.13. The Morgan fingerprint density at radius 1 is 1.11 bits per heavy atom. The fourth-order valence-electron chi connectivity index (χ4n) is 3.60. The van der Waals surface area contributed by atoms with Crippen molar-refractivity contribution in [3.63, 3.8) is 0 Å². The third kappa shape index (κ3) is 3.41. The zero-order chi connectivity index (χ0) is 19.8. The minimum absolute atomic E-state index is 0.282. The largest absolute Gasteiger partial charge is 0.461 e. The van der Waals surface area contributed by atoms with Crippen molar-refractivity contribution in [3.8, 4) is 16.9 Å². The molecule has 2 aromatic carbocycles. The van der Waals surface area contributed by atoms with Crippen molar-refractivity contribution < 1.29 is 9.53 Å². The number of aryl methyl sites for hydroxylation is 1. The average Bonchev–Trinajstić information content (AvgIpc) is 2.92. The molecule has 0 fully saturated rings. The Bertz CT molecular complexity index is 1080. The Labute approximate surface area is 178 Å². The van der Waals surface area contributed by atoms with Gasteiger partial charge in [0.2, 0.25) is 0 Å². The molecule has 3 aromatic rings. The predicted octanol–water partition coefficient (Wildman–Crippen LogP) is 6.16. The zero-order valence-corrected chi connectivity index (χ0v) is 17.4. The molecule has 4 nitrogen and oxygen atoms in total. The van der Waals surface area contributed by atoms with Crippen LogP contribution in [0, 0.1) is 0 Å². The number of esters is 1. The summed E-state index contributed by atoms with van der Waals surface area (Å²) in [6.07, 6.45) is 2.49. The van der Waals surface area contributed by atoms with Crippen LogP contribution < -0.4 is 0 Å². The number of rotatable bonds is 3. The van der Waals surface area contributed by atoms with Gasteiger partial charge >= 0.3 is 5.97 Å². The molecule has 28 heavy (non-hydrogen) atoms. The van der Waals surface area contributed by atoms with E-state index in [1.54, 1.807) is 29.8 Å². The van der Waals surface area contributed by atoms with Crippen LogP contribution in [0.3, 0.4) is 0 Å². The summed E-state index contributed by atoms with van der Waals surface area (Å²) < 4.78 is 6.96. The molecule has 0 amide bonds. The molecule has 4 rings (SSSR count). The summed E-state index contributed by atoms with van der Waals surface area (Å²) in [6.45, 7) is 2.06. The van der Waals surface area contributed by atoms with Crippen LogP contribution >= 0.6 is 34.8 Å². The van der Waals surface area contributed by atoms with Crippen molar-refractivity contribution >= 4 is 40.8 Å². The van der Waals surface area contributed by atoms with Gasteiger partial charge in [-0.1, -0.05) is 40.9 Å². The lowest BCUT2D eigenvalue weighted by Crippen LogP contribution is -2.09. The Morgan fingerprint density at radius 3 is 2.61 bits per heavy atom. The van der Waals surface area contributed by atoms with Gasteiger partial charge < -0.3 is 4.74 Å². The predicted molar refractivity (Wildman–Crippen MR) is 112 cm³/mol. The van der Waals surface area contributed by atoms with E-state index >= 15 is 0 Å². The fourth-order valence-corrected chi connectivity index (χ4v) is 4.26. The molecule has 1 aromatic heterocycles. The Kier molecular flexibility index (Phi) is 5.37. The van der Waals surface area contributed by atoms with Gasteiger partial charge in [-0.2, -0.15) is 5.10 Å². The van der Waals surface area contributed by atoms with E-state index in [1.165, 1.54) is 0 Å². The third-order valence-corrected chi connectivity index (χ3v) is 5.56. The lowest BCUT2D eigenvalue weighted by atomic mass is 10.0. The molecular formula is C21H17Cl3N2O2. The molecule has 1 heterocycles. The second kappa shape index (κ2) is 7.78. The van der Waals surface area contributed by atoms with Gasteiger partial charge in [-0.3, -0.25) is 0 Å². The standard InChI is InChI=1S/C21H17Cl3N2O2/c1-2-28-21(27)19-15-5-3-4-12-6-7-13(22)10-16(12)20(15)26(25-19)18-9-8-14(23)11-17(18)24/h6-11H,2-5H2,1H3. The second-order valence-electron chi connectivity index (χ2n) is 6.56. The number of carbonyl (C=O) groups is 1. The molecule has 1 aliphatic carbocycles. The molecule has 0 unspecified atom stereocenters. The molecule has 0 N–H and O–H groups in total. The van der Waals surface area contributed by atoms with Crippen molar-refractivity contribution in [3.05, 3.63) is 68.3 Å². The van der Waals surface area contributed by atoms with Crippen LogP contribution in [-0.4, -0.2) is 22.4 Å². The molecular weight excluding hydrogens is 419 g/mol. The van der Waals surface area contributed by atoms with E-state index in [0.717, 1.165) is 35.2 Å². The second-order valence-corrected chi connectivity index (χ2v) is 7.84. The van der Waals surface area contributed by atoms with Gasteiger partial charge in [0.25, 0.3) is 0 Å². The highest BCUT2D eigenvalue weighted by atomic mass is 35.5. The van der Waals surface area contributed by atoms with Crippen LogP contribution in [0.15, 0.2) is 36.4 Å². The number of aromatic nitrogens is 2. The van der Waals surface area contributed by atoms with Gasteiger partial charge in [0.15, 0.2) is 5.69 Å². The number of benzene rings is 2.